The molecule has 0 aliphatic rings. The SMILES string of the molecule is CCCC(CCC(C)CC)NC(=O)OC(C)(C)C. The number of alkyl carbamates (subject to hydrolysis) is 1. The fraction of sp³-hybridized carbons (Fsp3) is 0.933. The van der Waals surface area contributed by atoms with Crippen LogP contribution in [0.5, 0.6) is 0 Å². The number of hydrogen-bond acceptors (Lipinski definition) is 2. The van der Waals surface area contributed by atoms with Crippen LogP contribution in [-0.4, -0.2) is 17.7 Å². The zero-order valence-corrected chi connectivity index (χ0v) is 13.0. The van der Waals surface area contributed by atoms with Gasteiger partial charge < -0.3 is 10.1 Å². The average molecular weight is 257 g/mol. The molecule has 0 aliphatic carbocycles. The van der Waals surface area contributed by atoms with Crippen LogP contribution in [-0.2, 0) is 4.74 Å². The Balaban J connectivity index is 4.13. The highest BCUT2D eigenvalue weighted by atomic mass is 16.6. The van der Waals surface area contributed by atoms with Gasteiger partial charge in [-0.25, -0.2) is 4.79 Å². The van der Waals surface area contributed by atoms with E-state index in [-0.39, 0.29) is 12.1 Å². The summed E-state index contributed by atoms with van der Waals surface area (Å²) >= 11 is 0. The fourth-order valence-corrected chi connectivity index (χ4v) is 1.80. The van der Waals surface area contributed by atoms with E-state index in [0.717, 1.165) is 31.6 Å². The van der Waals surface area contributed by atoms with Crippen LogP contribution in [0.25, 0.3) is 0 Å². The molecule has 0 heterocycles. The van der Waals surface area contributed by atoms with Gasteiger partial charge in [0.25, 0.3) is 0 Å². The molecule has 2 atom stereocenters. The molecule has 0 aromatic carbocycles. The Morgan fingerprint density at radius 1 is 1.17 bits per heavy atom. The molecule has 0 rings (SSSR count). The lowest BCUT2D eigenvalue weighted by molar-refractivity contribution is 0.0497. The predicted molar refractivity (Wildman–Crippen MR) is 76.8 cm³/mol. The first-order valence-electron chi connectivity index (χ1n) is 7.28. The summed E-state index contributed by atoms with van der Waals surface area (Å²) in [5.74, 6) is 0.727. The van der Waals surface area contributed by atoms with Crippen molar-refractivity contribution in [3.63, 3.8) is 0 Å². The monoisotopic (exact) mass is 257 g/mol. The number of carbonyl (C=O) groups is 1. The van der Waals surface area contributed by atoms with Crippen LogP contribution >= 0.6 is 0 Å². The minimum absolute atomic E-state index is 0.249. The normalized spacial score (nSPS) is 15.0. The van der Waals surface area contributed by atoms with Crippen LogP contribution in [0.4, 0.5) is 4.79 Å². The van der Waals surface area contributed by atoms with E-state index in [1.54, 1.807) is 0 Å². The quantitative estimate of drug-likeness (QED) is 0.729. The summed E-state index contributed by atoms with van der Waals surface area (Å²) in [5, 5.41) is 2.99. The molecule has 2 unspecified atom stereocenters. The number of rotatable bonds is 7. The van der Waals surface area contributed by atoms with Gasteiger partial charge >= 0.3 is 6.09 Å². The topological polar surface area (TPSA) is 38.3 Å². The van der Waals surface area contributed by atoms with E-state index >= 15 is 0 Å². The lowest BCUT2D eigenvalue weighted by Crippen LogP contribution is -2.39. The summed E-state index contributed by atoms with van der Waals surface area (Å²) in [5.41, 5.74) is -0.419. The Kier molecular flexibility index (Phi) is 8.05. The summed E-state index contributed by atoms with van der Waals surface area (Å²) < 4.78 is 5.30. The summed E-state index contributed by atoms with van der Waals surface area (Å²) in [7, 11) is 0. The first kappa shape index (κ1) is 17.3. The zero-order valence-electron chi connectivity index (χ0n) is 13.0. The van der Waals surface area contributed by atoms with Crippen LogP contribution in [0.2, 0.25) is 0 Å². The molecule has 0 aromatic rings. The molecule has 1 amide bonds. The van der Waals surface area contributed by atoms with Crippen LogP contribution in [0, 0.1) is 5.92 Å². The van der Waals surface area contributed by atoms with E-state index in [1.807, 2.05) is 20.8 Å². The third-order valence-corrected chi connectivity index (χ3v) is 3.06. The van der Waals surface area contributed by atoms with Crippen molar-refractivity contribution in [2.24, 2.45) is 5.92 Å². The molecular weight excluding hydrogens is 226 g/mol. The van der Waals surface area contributed by atoms with Crippen LogP contribution < -0.4 is 5.32 Å². The van der Waals surface area contributed by atoms with Gasteiger partial charge in [-0.15, -0.1) is 0 Å². The first-order chi connectivity index (χ1) is 8.28. The van der Waals surface area contributed by atoms with Gasteiger partial charge in [0.1, 0.15) is 5.60 Å². The van der Waals surface area contributed by atoms with Crippen molar-refractivity contribution in [1.82, 2.24) is 5.32 Å². The standard InChI is InChI=1S/C15H31NO2/c1-7-9-13(11-10-12(3)8-2)16-14(17)18-15(4,5)6/h12-13H,7-11H2,1-6H3,(H,16,17). The van der Waals surface area contributed by atoms with Crippen molar-refractivity contribution in [2.75, 3.05) is 0 Å². The second-order valence-corrected chi connectivity index (χ2v) is 6.22. The van der Waals surface area contributed by atoms with Crippen molar-refractivity contribution in [1.29, 1.82) is 0 Å². The third kappa shape index (κ3) is 9.32. The van der Waals surface area contributed by atoms with Crippen LogP contribution in [0.3, 0.4) is 0 Å². The molecule has 0 saturated carbocycles. The zero-order chi connectivity index (χ0) is 14.2. The smallest absolute Gasteiger partial charge is 0.407 e. The van der Waals surface area contributed by atoms with Crippen molar-refractivity contribution in [2.45, 2.75) is 85.3 Å². The molecule has 0 aromatic heterocycles. The van der Waals surface area contributed by atoms with E-state index in [2.05, 4.69) is 26.1 Å². The van der Waals surface area contributed by atoms with Crippen LogP contribution in [0.1, 0.15) is 73.6 Å². The first-order valence-corrected chi connectivity index (χ1v) is 7.28. The lowest BCUT2D eigenvalue weighted by Gasteiger charge is -2.24. The highest BCUT2D eigenvalue weighted by molar-refractivity contribution is 5.68. The Morgan fingerprint density at radius 3 is 2.22 bits per heavy atom. The Morgan fingerprint density at radius 2 is 1.78 bits per heavy atom. The van der Waals surface area contributed by atoms with Crippen molar-refractivity contribution < 1.29 is 9.53 Å². The molecule has 3 heteroatoms. The van der Waals surface area contributed by atoms with Gasteiger partial charge in [0.2, 0.25) is 0 Å². The number of hydrogen-bond donors (Lipinski definition) is 1. The molecule has 108 valence electrons. The highest BCUT2D eigenvalue weighted by Gasteiger charge is 2.19. The molecule has 18 heavy (non-hydrogen) atoms. The second-order valence-electron chi connectivity index (χ2n) is 6.22. The van der Waals surface area contributed by atoms with Gasteiger partial charge in [-0.1, -0.05) is 33.6 Å². The molecule has 0 aliphatic heterocycles. The maximum absolute atomic E-state index is 11.7. The van der Waals surface area contributed by atoms with E-state index in [0.29, 0.717) is 0 Å². The number of amides is 1. The Bertz CT molecular complexity index is 233. The number of ether oxygens (including phenoxy) is 1. The van der Waals surface area contributed by atoms with Gasteiger partial charge in [0.15, 0.2) is 0 Å². The van der Waals surface area contributed by atoms with Crippen LogP contribution in [0.15, 0.2) is 0 Å². The largest absolute Gasteiger partial charge is 0.444 e. The van der Waals surface area contributed by atoms with E-state index in [9.17, 15) is 4.79 Å². The van der Waals surface area contributed by atoms with Gasteiger partial charge in [-0.3, -0.25) is 0 Å². The second kappa shape index (κ2) is 8.39. The molecule has 1 N–H and O–H groups in total. The Labute approximate surface area is 113 Å². The van der Waals surface area contributed by atoms with Gasteiger partial charge in [0.05, 0.1) is 0 Å². The third-order valence-electron chi connectivity index (χ3n) is 3.06. The van der Waals surface area contributed by atoms with E-state index in [4.69, 9.17) is 4.74 Å². The van der Waals surface area contributed by atoms with E-state index < -0.39 is 5.60 Å². The molecule has 0 radical (unpaired) electrons. The molecule has 0 bridgehead atoms. The molecule has 0 saturated heterocycles. The lowest BCUT2D eigenvalue weighted by atomic mass is 9.97. The number of carbonyl (C=O) groups excluding carboxylic acids is 1. The summed E-state index contributed by atoms with van der Waals surface area (Å²) in [6, 6.07) is 0.249. The maximum Gasteiger partial charge on any atom is 0.407 e. The number of nitrogens with one attached hydrogen (secondary N) is 1. The van der Waals surface area contributed by atoms with Crippen molar-refractivity contribution >= 4 is 6.09 Å². The average Bonchev–Trinajstić information content (AvgIpc) is 2.23. The van der Waals surface area contributed by atoms with Gasteiger partial charge in [-0.2, -0.15) is 0 Å². The Hall–Kier alpha value is -0.730. The summed E-state index contributed by atoms with van der Waals surface area (Å²) in [6.07, 6.45) is 5.23. The molecule has 3 nitrogen and oxygen atoms in total. The predicted octanol–water partition coefficient (Wildman–Crippen LogP) is 4.51. The molecule has 0 spiro atoms. The van der Waals surface area contributed by atoms with Gasteiger partial charge in [0, 0.05) is 6.04 Å². The summed E-state index contributed by atoms with van der Waals surface area (Å²) in [4.78, 5) is 11.7. The van der Waals surface area contributed by atoms with Crippen molar-refractivity contribution in [3.8, 4) is 0 Å². The van der Waals surface area contributed by atoms with E-state index in [1.165, 1.54) is 6.42 Å². The maximum atomic E-state index is 11.7. The van der Waals surface area contributed by atoms with Crippen molar-refractivity contribution in [3.05, 3.63) is 0 Å². The summed E-state index contributed by atoms with van der Waals surface area (Å²) in [6.45, 7) is 12.3. The highest BCUT2D eigenvalue weighted by Crippen LogP contribution is 2.15. The van der Waals surface area contributed by atoms with Gasteiger partial charge in [-0.05, 0) is 46.0 Å². The minimum atomic E-state index is -0.419. The molecule has 0 fully saturated rings. The molecular formula is C15H31NO2. The fourth-order valence-electron chi connectivity index (χ4n) is 1.80. The minimum Gasteiger partial charge on any atom is -0.444 e.